The minimum absolute atomic E-state index is 0.00919. The highest BCUT2D eigenvalue weighted by Gasteiger charge is 2.28. The van der Waals surface area contributed by atoms with E-state index >= 15 is 0 Å². The molecule has 0 aromatic heterocycles. The molecule has 0 radical (unpaired) electrons. The summed E-state index contributed by atoms with van der Waals surface area (Å²) < 4.78 is 5.97. The summed E-state index contributed by atoms with van der Waals surface area (Å²) in [5.74, 6) is 1.21. The molecule has 1 aliphatic heterocycles. The predicted molar refractivity (Wildman–Crippen MR) is 107 cm³/mol. The van der Waals surface area contributed by atoms with Gasteiger partial charge in [0, 0.05) is 10.0 Å². The average Bonchev–Trinajstić information content (AvgIpc) is 2.99. The molecule has 0 spiro atoms. The standard InChI is InChI=1S/C18H16BrN3O3S/c1-25-15-5-2-12(3-6-15)10-22-17(24)11-26-18(22)21-20-9-13-8-14(19)4-7-16(13)23/h2-9,23H,10-11H2,1H3/b20-9+,21-18+. The molecule has 1 aliphatic rings. The van der Waals surface area contributed by atoms with Gasteiger partial charge in [0.25, 0.3) is 0 Å². The van der Waals surface area contributed by atoms with E-state index in [-0.39, 0.29) is 11.7 Å². The second-order valence-corrected chi connectivity index (χ2v) is 7.31. The maximum atomic E-state index is 12.1. The highest BCUT2D eigenvalue weighted by molar-refractivity contribution is 9.10. The number of phenols is 1. The average molecular weight is 434 g/mol. The fourth-order valence-corrected chi connectivity index (χ4v) is 3.52. The van der Waals surface area contributed by atoms with Crippen LogP contribution in [0.15, 0.2) is 57.1 Å². The lowest BCUT2D eigenvalue weighted by Gasteiger charge is -2.15. The lowest BCUT2D eigenvalue weighted by molar-refractivity contribution is -0.124. The van der Waals surface area contributed by atoms with Gasteiger partial charge in [0.05, 0.1) is 25.6 Å². The third kappa shape index (κ3) is 4.44. The first kappa shape index (κ1) is 18.5. The molecule has 2 aromatic rings. The van der Waals surface area contributed by atoms with Crippen molar-refractivity contribution in [3.05, 3.63) is 58.1 Å². The first-order chi connectivity index (χ1) is 12.6. The quantitative estimate of drug-likeness (QED) is 0.576. The Morgan fingerprint density at radius 3 is 2.81 bits per heavy atom. The molecular weight excluding hydrogens is 418 g/mol. The smallest absolute Gasteiger partial charge is 0.239 e. The second kappa shape index (κ2) is 8.37. The molecule has 0 atom stereocenters. The number of halogens is 1. The Kier molecular flexibility index (Phi) is 5.95. The molecule has 2 aromatic carbocycles. The van der Waals surface area contributed by atoms with Crippen LogP contribution in [0, 0.1) is 0 Å². The maximum absolute atomic E-state index is 12.1. The first-order valence-electron chi connectivity index (χ1n) is 7.72. The zero-order chi connectivity index (χ0) is 18.5. The number of nitrogens with zero attached hydrogens (tertiary/aromatic N) is 3. The van der Waals surface area contributed by atoms with Crippen molar-refractivity contribution in [2.24, 2.45) is 10.2 Å². The molecule has 8 heteroatoms. The Hall–Kier alpha value is -2.32. The number of hydrogen-bond acceptors (Lipinski definition) is 6. The lowest BCUT2D eigenvalue weighted by Crippen LogP contribution is -2.28. The first-order valence-corrected chi connectivity index (χ1v) is 9.50. The summed E-state index contributed by atoms with van der Waals surface area (Å²) in [6, 6.07) is 12.6. The number of thioether (sulfide) groups is 1. The maximum Gasteiger partial charge on any atom is 0.239 e. The van der Waals surface area contributed by atoms with Crippen molar-refractivity contribution in [3.8, 4) is 11.5 Å². The fraction of sp³-hybridized carbons (Fsp3) is 0.167. The van der Waals surface area contributed by atoms with Gasteiger partial charge < -0.3 is 9.84 Å². The van der Waals surface area contributed by atoms with Crippen LogP contribution >= 0.6 is 27.7 Å². The highest BCUT2D eigenvalue weighted by Crippen LogP contribution is 2.23. The molecule has 3 rings (SSSR count). The minimum atomic E-state index is -0.00919. The lowest BCUT2D eigenvalue weighted by atomic mass is 10.2. The minimum Gasteiger partial charge on any atom is -0.507 e. The van der Waals surface area contributed by atoms with Crippen molar-refractivity contribution in [3.63, 3.8) is 0 Å². The van der Waals surface area contributed by atoms with Crippen molar-refractivity contribution in [1.82, 2.24) is 4.90 Å². The number of ether oxygens (including phenoxy) is 1. The van der Waals surface area contributed by atoms with Gasteiger partial charge in [0.15, 0.2) is 5.17 Å². The van der Waals surface area contributed by atoms with Gasteiger partial charge in [0.1, 0.15) is 11.5 Å². The molecule has 0 unspecified atom stereocenters. The van der Waals surface area contributed by atoms with Crippen molar-refractivity contribution in [1.29, 1.82) is 0 Å². The topological polar surface area (TPSA) is 74.5 Å². The largest absolute Gasteiger partial charge is 0.507 e. The van der Waals surface area contributed by atoms with E-state index in [0.717, 1.165) is 15.8 Å². The van der Waals surface area contributed by atoms with Crippen LogP contribution in [0.3, 0.4) is 0 Å². The summed E-state index contributed by atoms with van der Waals surface area (Å²) >= 11 is 4.69. The Bertz CT molecular complexity index is 868. The van der Waals surface area contributed by atoms with E-state index in [0.29, 0.717) is 23.0 Å². The van der Waals surface area contributed by atoms with Gasteiger partial charge in [-0.1, -0.05) is 39.8 Å². The van der Waals surface area contributed by atoms with Crippen molar-refractivity contribution in [2.45, 2.75) is 6.54 Å². The molecular formula is C18H16BrN3O3S. The van der Waals surface area contributed by atoms with Crippen LogP contribution in [0.2, 0.25) is 0 Å². The van der Waals surface area contributed by atoms with Crippen LogP contribution < -0.4 is 4.74 Å². The third-order valence-electron chi connectivity index (χ3n) is 3.69. The Morgan fingerprint density at radius 1 is 1.31 bits per heavy atom. The van der Waals surface area contributed by atoms with E-state index in [9.17, 15) is 9.90 Å². The number of amides is 1. The zero-order valence-corrected chi connectivity index (χ0v) is 16.3. The number of phenolic OH excluding ortho intramolecular Hbond substituents is 1. The van der Waals surface area contributed by atoms with Crippen LogP contribution in [0.1, 0.15) is 11.1 Å². The van der Waals surface area contributed by atoms with Crippen molar-refractivity contribution in [2.75, 3.05) is 12.9 Å². The molecule has 1 N–H and O–H groups in total. The molecule has 0 aliphatic carbocycles. The summed E-state index contributed by atoms with van der Waals surface area (Å²) in [5.41, 5.74) is 1.52. The van der Waals surface area contributed by atoms with Gasteiger partial charge in [-0.05, 0) is 35.9 Å². The second-order valence-electron chi connectivity index (χ2n) is 5.45. The summed E-state index contributed by atoms with van der Waals surface area (Å²) in [6.45, 7) is 0.423. The molecule has 26 heavy (non-hydrogen) atoms. The highest BCUT2D eigenvalue weighted by atomic mass is 79.9. The SMILES string of the molecule is COc1ccc(CN2C(=O)CS/C2=N/N=C/c2cc(Br)ccc2O)cc1. The number of carbonyl (C=O) groups excluding carboxylic acids is 1. The monoisotopic (exact) mass is 433 g/mol. The van der Waals surface area contributed by atoms with E-state index in [1.807, 2.05) is 24.3 Å². The third-order valence-corrected chi connectivity index (χ3v) is 5.13. The van der Waals surface area contributed by atoms with Gasteiger partial charge in [-0.15, -0.1) is 5.10 Å². The van der Waals surface area contributed by atoms with Crippen LogP contribution in [0.4, 0.5) is 0 Å². The summed E-state index contributed by atoms with van der Waals surface area (Å²) in [7, 11) is 1.61. The number of benzene rings is 2. The molecule has 1 fully saturated rings. The Balaban J connectivity index is 1.74. The predicted octanol–water partition coefficient (Wildman–Crippen LogP) is 3.63. The van der Waals surface area contributed by atoms with Gasteiger partial charge >= 0.3 is 0 Å². The summed E-state index contributed by atoms with van der Waals surface area (Å²) in [5, 5.41) is 18.5. The van der Waals surface area contributed by atoms with Gasteiger partial charge in [-0.25, -0.2) is 0 Å². The molecule has 0 saturated carbocycles. The molecule has 0 bridgehead atoms. The zero-order valence-electron chi connectivity index (χ0n) is 13.9. The molecule has 134 valence electrons. The van der Waals surface area contributed by atoms with Crippen molar-refractivity contribution < 1.29 is 14.6 Å². The summed E-state index contributed by atoms with van der Waals surface area (Å²) in [6.07, 6.45) is 1.46. The van der Waals surface area contributed by atoms with Crippen LogP contribution in [0.25, 0.3) is 0 Å². The summed E-state index contributed by atoms with van der Waals surface area (Å²) in [4.78, 5) is 13.7. The van der Waals surface area contributed by atoms with Gasteiger partial charge in [0.2, 0.25) is 5.91 Å². The number of aromatic hydroxyl groups is 1. The number of amidine groups is 1. The van der Waals surface area contributed by atoms with Gasteiger partial charge in [-0.2, -0.15) is 5.10 Å². The Labute approximate surface area is 163 Å². The number of methoxy groups -OCH3 is 1. The molecule has 6 nitrogen and oxygen atoms in total. The molecule has 1 saturated heterocycles. The Morgan fingerprint density at radius 2 is 2.08 bits per heavy atom. The van der Waals surface area contributed by atoms with Crippen LogP contribution in [0.5, 0.6) is 11.5 Å². The number of rotatable bonds is 5. The number of hydrogen-bond donors (Lipinski definition) is 1. The normalized spacial score (nSPS) is 16.0. The van der Waals surface area contributed by atoms with E-state index in [1.165, 1.54) is 18.0 Å². The van der Waals surface area contributed by atoms with E-state index in [1.54, 1.807) is 30.2 Å². The van der Waals surface area contributed by atoms with Crippen molar-refractivity contribution >= 4 is 45.0 Å². The van der Waals surface area contributed by atoms with E-state index in [2.05, 4.69) is 26.1 Å². The van der Waals surface area contributed by atoms with Crippen LogP contribution in [-0.4, -0.2) is 40.2 Å². The molecule has 1 heterocycles. The number of carbonyl (C=O) groups is 1. The van der Waals surface area contributed by atoms with E-state index in [4.69, 9.17) is 4.74 Å². The van der Waals surface area contributed by atoms with E-state index < -0.39 is 0 Å². The van der Waals surface area contributed by atoms with Gasteiger partial charge in [-0.3, -0.25) is 9.69 Å². The molecule has 1 amide bonds. The van der Waals surface area contributed by atoms with Crippen LogP contribution in [-0.2, 0) is 11.3 Å². The fourth-order valence-electron chi connectivity index (χ4n) is 2.31.